The van der Waals surface area contributed by atoms with E-state index in [0.717, 1.165) is 43.9 Å². The molecule has 1 saturated heterocycles. The van der Waals surface area contributed by atoms with Crippen LogP contribution >= 0.6 is 0 Å². The monoisotopic (exact) mass is 396 g/mol. The third kappa shape index (κ3) is 5.40. The van der Waals surface area contributed by atoms with Gasteiger partial charge in [-0.3, -0.25) is 24.7 Å². The van der Waals surface area contributed by atoms with Gasteiger partial charge in [-0.05, 0) is 49.1 Å². The minimum absolute atomic E-state index is 0.0653. The Balaban J connectivity index is 1.53. The molecule has 3 rings (SSSR count). The number of nitrogens with zero attached hydrogens (tertiary/aromatic N) is 3. The van der Waals surface area contributed by atoms with Crippen LogP contribution in [0.2, 0.25) is 0 Å². The van der Waals surface area contributed by atoms with Gasteiger partial charge < -0.3 is 5.32 Å². The number of anilines is 1. The molecule has 2 aromatic rings. The number of carbonyl (C=O) groups excluding carboxylic acids is 1. The number of nitro benzene ring substituents is 1. The van der Waals surface area contributed by atoms with Gasteiger partial charge in [0.05, 0.1) is 11.5 Å². The van der Waals surface area contributed by atoms with Crippen molar-refractivity contribution in [2.45, 2.75) is 27.3 Å². The summed E-state index contributed by atoms with van der Waals surface area (Å²) in [6.45, 7) is 10.4. The summed E-state index contributed by atoms with van der Waals surface area (Å²) in [5.74, 6) is -0.219. The fraction of sp³-hybridized carbons (Fsp3) is 0.409. The maximum Gasteiger partial charge on any atom is 0.293 e. The number of hydrogen-bond acceptors (Lipinski definition) is 5. The summed E-state index contributed by atoms with van der Waals surface area (Å²) >= 11 is 0. The van der Waals surface area contributed by atoms with Gasteiger partial charge in [0.1, 0.15) is 5.69 Å². The molecule has 1 aliphatic rings. The van der Waals surface area contributed by atoms with Gasteiger partial charge in [-0.2, -0.15) is 0 Å². The fourth-order valence-corrected chi connectivity index (χ4v) is 3.58. The fourth-order valence-electron chi connectivity index (χ4n) is 3.58. The second-order valence-corrected chi connectivity index (χ2v) is 7.74. The number of rotatable bonds is 6. The lowest BCUT2D eigenvalue weighted by atomic mass is 10.1. The number of amides is 1. The third-order valence-electron chi connectivity index (χ3n) is 5.57. The molecule has 0 radical (unpaired) electrons. The zero-order valence-corrected chi connectivity index (χ0v) is 17.3. The van der Waals surface area contributed by atoms with Crippen LogP contribution in [0.25, 0.3) is 0 Å². The van der Waals surface area contributed by atoms with Crippen molar-refractivity contribution in [2.24, 2.45) is 0 Å². The van der Waals surface area contributed by atoms with Crippen LogP contribution < -0.4 is 5.32 Å². The number of carbonyl (C=O) groups is 1. The lowest BCUT2D eigenvalue weighted by molar-refractivity contribution is -0.384. The van der Waals surface area contributed by atoms with Gasteiger partial charge in [0.2, 0.25) is 5.91 Å². The summed E-state index contributed by atoms with van der Waals surface area (Å²) in [5.41, 5.74) is 4.58. The Labute approximate surface area is 171 Å². The quantitative estimate of drug-likeness (QED) is 0.599. The Kier molecular flexibility index (Phi) is 6.61. The molecule has 0 saturated carbocycles. The van der Waals surface area contributed by atoms with E-state index in [0.29, 0.717) is 0 Å². The van der Waals surface area contributed by atoms with E-state index in [2.05, 4.69) is 46.3 Å². The van der Waals surface area contributed by atoms with Crippen molar-refractivity contribution in [3.63, 3.8) is 0 Å². The van der Waals surface area contributed by atoms with E-state index in [9.17, 15) is 14.9 Å². The SMILES string of the molecule is Cc1cc(NC(=O)CN2CCN(Cc3ccccc3C)CC2)c([N+](=O)[O-])cc1C. The van der Waals surface area contributed by atoms with Gasteiger partial charge in [0.15, 0.2) is 0 Å². The molecule has 1 N–H and O–H groups in total. The average molecular weight is 396 g/mol. The minimum atomic E-state index is -0.452. The van der Waals surface area contributed by atoms with E-state index >= 15 is 0 Å². The highest BCUT2D eigenvalue weighted by Gasteiger charge is 2.22. The smallest absolute Gasteiger partial charge is 0.293 e. The van der Waals surface area contributed by atoms with Crippen molar-refractivity contribution in [3.8, 4) is 0 Å². The highest BCUT2D eigenvalue weighted by atomic mass is 16.6. The number of piperazine rings is 1. The highest BCUT2D eigenvalue weighted by molar-refractivity contribution is 5.94. The second kappa shape index (κ2) is 9.15. The zero-order chi connectivity index (χ0) is 21.0. The maximum atomic E-state index is 12.5. The topological polar surface area (TPSA) is 78.7 Å². The molecule has 2 aromatic carbocycles. The molecule has 0 spiro atoms. The van der Waals surface area contributed by atoms with Gasteiger partial charge in [0.25, 0.3) is 5.69 Å². The van der Waals surface area contributed by atoms with Crippen LogP contribution in [0, 0.1) is 30.9 Å². The van der Waals surface area contributed by atoms with E-state index in [1.165, 1.54) is 17.2 Å². The molecule has 0 aromatic heterocycles. The van der Waals surface area contributed by atoms with Crippen molar-refractivity contribution in [2.75, 3.05) is 38.0 Å². The first-order valence-corrected chi connectivity index (χ1v) is 9.88. The van der Waals surface area contributed by atoms with E-state index in [1.54, 1.807) is 6.07 Å². The molecule has 1 amide bonds. The van der Waals surface area contributed by atoms with Gasteiger partial charge >= 0.3 is 0 Å². The van der Waals surface area contributed by atoms with Crippen molar-refractivity contribution in [3.05, 3.63) is 68.8 Å². The van der Waals surface area contributed by atoms with E-state index in [-0.39, 0.29) is 23.8 Å². The Morgan fingerprint density at radius 3 is 2.28 bits per heavy atom. The van der Waals surface area contributed by atoms with E-state index in [4.69, 9.17) is 0 Å². The number of aryl methyl sites for hydroxylation is 3. The van der Waals surface area contributed by atoms with Crippen LogP contribution in [-0.2, 0) is 11.3 Å². The predicted molar refractivity (Wildman–Crippen MR) is 114 cm³/mol. The Morgan fingerprint density at radius 1 is 1.00 bits per heavy atom. The molecule has 0 unspecified atom stereocenters. The van der Waals surface area contributed by atoms with Crippen LogP contribution in [0.1, 0.15) is 22.3 Å². The van der Waals surface area contributed by atoms with Crippen molar-refractivity contribution in [1.82, 2.24) is 9.80 Å². The molecular formula is C22H28N4O3. The number of nitro groups is 1. The van der Waals surface area contributed by atoms with Gasteiger partial charge in [0, 0.05) is 38.8 Å². The van der Waals surface area contributed by atoms with E-state index < -0.39 is 4.92 Å². The summed E-state index contributed by atoms with van der Waals surface area (Å²) < 4.78 is 0. The molecule has 29 heavy (non-hydrogen) atoms. The summed E-state index contributed by atoms with van der Waals surface area (Å²) in [5, 5.41) is 14.0. The minimum Gasteiger partial charge on any atom is -0.319 e. The number of nitrogens with one attached hydrogen (secondary N) is 1. The summed E-state index contributed by atoms with van der Waals surface area (Å²) in [7, 11) is 0. The van der Waals surface area contributed by atoms with Crippen molar-refractivity contribution in [1.29, 1.82) is 0 Å². The largest absolute Gasteiger partial charge is 0.319 e. The molecule has 7 heteroatoms. The molecule has 0 bridgehead atoms. The van der Waals surface area contributed by atoms with Crippen molar-refractivity contribution < 1.29 is 9.72 Å². The lowest BCUT2D eigenvalue weighted by Gasteiger charge is -2.34. The molecule has 1 aliphatic heterocycles. The molecule has 154 valence electrons. The van der Waals surface area contributed by atoms with Crippen molar-refractivity contribution >= 4 is 17.3 Å². The van der Waals surface area contributed by atoms with Crippen LogP contribution in [-0.4, -0.2) is 53.4 Å². The third-order valence-corrected chi connectivity index (χ3v) is 5.57. The van der Waals surface area contributed by atoms with Crippen LogP contribution in [0.3, 0.4) is 0 Å². The number of benzene rings is 2. The molecule has 0 atom stereocenters. The van der Waals surface area contributed by atoms with Crippen LogP contribution in [0.4, 0.5) is 11.4 Å². The Hall–Kier alpha value is -2.77. The molecule has 1 fully saturated rings. The normalized spacial score (nSPS) is 15.3. The highest BCUT2D eigenvalue weighted by Crippen LogP contribution is 2.28. The molecule has 0 aliphatic carbocycles. The first kappa shape index (κ1) is 21.0. The van der Waals surface area contributed by atoms with Crippen LogP contribution in [0.5, 0.6) is 0 Å². The van der Waals surface area contributed by atoms with Gasteiger partial charge in [-0.25, -0.2) is 0 Å². The Bertz CT molecular complexity index is 905. The maximum absolute atomic E-state index is 12.5. The predicted octanol–water partition coefficient (Wildman–Crippen LogP) is 3.28. The van der Waals surface area contributed by atoms with Gasteiger partial charge in [-0.15, -0.1) is 0 Å². The standard InChI is InChI=1S/C22H28N4O3/c1-16-6-4-5-7-19(16)14-24-8-10-25(11-9-24)15-22(27)23-20-12-17(2)18(3)13-21(20)26(28)29/h4-7,12-13H,8-11,14-15H2,1-3H3,(H,23,27). The Morgan fingerprint density at radius 2 is 1.62 bits per heavy atom. The van der Waals surface area contributed by atoms with Gasteiger partial charge in [-0.1, -0.05) is 24.3 Å². The molecule has 7 nitrogen and oxygen atoms in total. The summed E-state index contributed by atoms with van der Waals surface area (Å²) in [6, 6.07) is 11.6. The second-order valence-electron chi connectivity index (χ2n) is 7.74. The summed E-state index contributed by atoms with van der Waals surface area (Å²) in [4.78, 5) is 27.8. The first-order chi connectivity index (χ1) is 13.8. The zero-order valence-electron chi connectivity index (χ0n) is 17.3. The summed E-state index contributed by atoms with van der Waals surface area (Å²) in [6.07, 6.45) is 0. The molecular weight excluding hydrogens is 368 g/mol. The lowest BCUT2D eigenvalue weighted by Crippen LogP contribution is -2.48. The number of hydrogen-bond donors (Lipinski definition) is 1. The molecule has 1 heterocycles. The average Bonchev–Trinajstić information content (AvgIpc) is 2.67. The van der Waals surface area contributed by atoms with E-state index in [1.807, 2.05) is 13.8 Å². The van der Waals surface area contributed by atoms with Crippen LogP contribution in [0.15, 0.2) is 36.4 Å². The first-order valence-electron chi connectivity index (χ1n) is 9.88.